The summed E-state index contributed by atoms with van der Waals surface area (Å²) in [5, 5.41) is 2.19. The van der Waals surface area contributed by atoms with Crippen molar-refractivity contribution in [2.45, 2.75) is 13.8 Å². The highest BCUT2D eigenvalue weighted by molar-refractivity contribution is 6.36. The number of imide groups is 1. The molecule has 0 aliphatic carbocycles. The lowest BCUT2D eigenvalue weighted by atomic mass is 9.97. The molecule has 44 heavy (non-hydrogen) atoms. The van der Waals surface area contributed by atoms with Crippen LogP contribution in [0.5, 0.6) is 0 Å². The van der Waals surface area contributed by atoms with Gasteiger partial charge in [-0.05, 0) is 72.5 Å². The maximum Gasteiger partial charge on any atom is 0.268 e. The number of benzene rings is 6. The normalized spacial score (nSPS) is 12.8. The average molecular weight is 569 g/mol. The second-order valence-corrected chi connectivity index (χ2v) is 11.4. The molecule has 1 aliphatic heterocycles. The lowest BCUT2D eigenvalue weighted by molar-refractivity contribution is 0.0926. The molecule has 0 bridgehead atoms. The first-order valence-electron chi connectivity index (χ1n) is 14.8. The molecule has 1 aromatic heterocycles. The molecule has 2 heterocycles. The van der Waals surface area contributed by atoms with Gasteiger partial charge in [0.25, 0.3) is 11.8 Å². The Morgan fingerprint density at radius 1 is 0.477 bits per heavy atom. The van der Waals surface area contributed by atoms with Crippen LogP contribution in [-0.4, -0.2) is 16.4 Å². The van der Waals surface area contributed by atoms with Crippen LogP contribution in [0.4, 0.5) is 5.69 Å². The number of anilines is 1. The first-order valence-corrected chi connectivity index (χ1v) is 14.8. The van der Waals surface area contributed by atoms with E-state index in [0.29, 0.717) is 22.5 Å². The Morgan fingerprint density at radius 2 is 1.18 bits per heavy atom. The van der Waals surface area contributed by atoms with Gasteiger partial charge in [-0.2, -0.15) is 0 Å². The summed E-state index contributed by atoms with van der Waals surface area (Å²) >= 11 is 0. The SMILES string of the molecule is Cc1ccc(-c2ccc3c(c2)c2ccccc2n3-c2cccc3c2C(=O)N(c2ccccc2-c2ccccc2)C3=O)c(C)c1. The van der Waals surface area contributed by atoms with E-state index < -0.39 is 0 Å². The third-order valence-corrected chi connectivity index (χ3v) is 8.73. The van der Waals surface area contributed by atoms with E-state index in [4.69, 9.17) is 0 Å². The van der Waals surface area contributed by atoms with Gasteiger partial charge < -0.3 is 4.57 Å². The monoisotopic (exact) mass is 568 g/mol. The van der Waals surface area contributed by atoms with Crippen molar-refractivity contribution >= 4 is 39.3 Å². The van der Waals surface area contributed by atoms with Crippen LogP contribution < -0.4 is 4.90 Å². The molecule has 0 saturated heterocycles. The first kappa shape index (κ1) is 25.9. The molecule has 0 saturated carbocycles. The summed E-state index contributed by atoms with van der Waals surface area (Å²) in [6.07, 6.45) is 0. The summed E-state index contributed by atoms with van der Waals surface area (Å²) in [7, 11) is 0. The quantitative estimate of drug-likeness (QED) is 0.198. The van der Waals surface area contributed by atoms with Crippen LogP contribution in [0.15, 0.2) is 133 Å². The molecule has 2 amide bonds. The Labute approximate surface area is 255 Å². The van der Waals surface area contributed by atoms with Crippen LogP contribution in [0.3, 0.4) is 0 Å². The predicted molar refractivity (Wildman–Crippen MR) is 179 cm³/mol. The first-order chi connectivity index (χ1) is 21.5. The zero-order valence-electron chi connectivity index (χ0n) is 24.4. The number of nitrogens with zero attached hydrogens (tertiary/aromatic N) is 2. The molecule has 1 aliphatic rings. The molecular formula is C40H28N2O2. The Kier molecular flexibility index (Phi) is 5.85. The number of hydrogen-bond donors (Lipinski definition) is 0. The summed E-state index contributed by atoms with van der Waals surface area (Å²) in [6.45, 7) is 4.26. The minimum atomic E-state index is -0.318. The van der Waals surface area contributed by atoms with E-state index >= 15 is 0 Å². The highest BCUT2D eigenvalue weighted by atomic mass is 16.2. The number of aryl methyl sites for hydroxylation is 2. The van der Waals surface area contributed by atoms with E-state index in [-0.39, 0.29) is 11.8 Å². The fourth-order valence-electron chi connectivity index (χ4n) is 6.74. The standard InChI is InChI=1S/C40H28N2O2/c1-25-19-21-29(26(2)23-25)28-20-22-36-33(24-28)31-14-7-9-17-35(31)41(36)37-18-10-15-32-38(37)40(44)42(39(32)43)34-16-8-6-13-30(34)27-11-4-3-5-12-27/h3-24H,1-2H3. The fourth-order valence-corrected chi connectivity index (χ4v) is 6.74. The fraction of sp³-hybridized carbons (Fsp3) is 0.0500. The molecule has 4 heteroatoms. The van der Waals surface area contributed by atoms with Gasteiger partial charge in [-0.3, -0.25) is 9.59 Å². The van der Waals surface area contributed by atoms with Crippen molar-refractivity contribution < 1.29 is 9.59 Å². The van der Waals surface area contributed by atoms with E-state index in [1.165, 1.54) is 21.6 Å². The molecule has 0 N–H and O–H groups in total. The highest BCUT2D eigenvalue weighted by Crippen LogP contribution is 2.41. The predicted octanol–water partition coefficient (Wildman–Crippen LogP) is 9.54. The van der Waals surface area contributed by atoms with Crippen molar-refractivity contribution in [1.82, 2.24) is 4.57 Å². The molecule has 0 radical (unpaired) electrons. The average Bonchev–Trinajstić information content (AvgIpc) is 3.52. The minimum absolute atomic E-state index is 0.312. The second-order valence-electron chi connectivity index (χ2n) is 11.4. The molecule has 0 spiro atoms. The number of carbonyl (C=O) groups excluding carboxylic acids is 2. The zero-order chi connectivity index (χ0) is 29.9. The van der Waals surface area contributed by atoms with Gasteiger partial charge in [0.15, 0.2) is 0 Å². The minimum Gasteiger partial charge on any atom is -0.308 e. The maximum absolute atomic E-state index is 14.4. The molecule has 0 unspecified atom stereocenters. The van der Waals surface area contributed by atoms with Crippen molar-refractivity contribution in [1.29, 1.82) is 0 Å². The van der Waals surface area contributed by atoms with E-state index in [2.05, 4.69) is 66.9 Å². The van der Waals surface area contributed by atoms with Crippen molar-refractivity contribution in [3.8, 4) is 27.9 Å². The molecule has 7 aromatic rings. The van der Waals surface area contributed by atoms with Crippen LogP contribution in [0.1, 0.15) is 31.8 Å². The van der Waals surface area contributed by atoms with Crippen molar-refractivity contribution in [3.63, 3.8) is 0 Å². The van der Waals surface area contributed by atoms with Crippen LogP contribution >= 0.6 is 0 Å². The molecule has 0 fully saturated rings. The maximum atomic E-state index is 14.4. The van der Waals surface area contributed by atoms with Gasteiger partial charge >= 0.3 is 0 Å². The smallest absolute Gasteiger partial charge is 0.268 e. The number of fused-ring (bicyclic) bond motifs is 4. The molecule has 210 valence electrons. The Morgan fingerprint density at radius 3 is 2.02 bits per heavy atom. The van der Waals surface area contributed by atoms with Gasteiger partial charge in [-0.25, -0.2) is 4.90 Å². The Bertz CT molecular complexity index is 2300. The summed E-state index contributed by atoms with van der Waals surface area (Å²) in [5.41, 5.74) is 10.7. The topological polar surface area (TPSA) is 42.3 Å². The molecule has 6 aromatic carbocycles. The van der Waals surface area contributed by atoms with Crippen molar-refractivity contribution in [3.05, 3.63) is 156 Å². The van der Waals surface area contributed by atoms with E-state index in [9.17, 15) is 9.59 Å². The van der Waals surface area contributed by atoms with E-state index in [0.717, 1.165) is 38.5 Å². The Balaban J connectivity index is 1.32. The highest BCUT2D eigenvalue weighted by Gasteiger charge is 2.40. The summed E-state index contributed by atoms with van der Waals surface area (Å²) in [6, 6.07) is 44.4. The number of aromatic nitrogens is 1. The summed E-state index contributed by atoms with van der Waals surface area (Å²) in [5.74, 6) is -0.630. The zero-order valence-corrected chi connectivity index (χ0v) is 24.4. The molecule has 0 atom stereocenters. The van der Waals surface area contributed by atoms with Gasteiger partial charge in [-0.15, -0.1) is 0 Å². The van der Waals surface area contributed by atoms with E-state index in [1.54, 1.807) is 6.07 Å². The van der Waals surface area contributed by atoms with Crippen LogP contribution in [0.2, 0.25) is 0 Å². The van der Waals surface area contributed by atoms with Gasteiger partial charge in [-0.1, -0.05) is 103 Å². The number of para-hydroxylation sites is 2. The third-order valence-electron chi connectivity index (χ3n) is 8.73. The van der Waals surface area contributed by atoms with Crippen molar-refractivity contribution in [2.24, 2.45) is 0 Å². The van der Waals surface area contributed by atoms with Gasteiger partial charge in [0.2, 0.25) is 0 Å². The summed E-state index contributed by atoms with van der Waals surface area (Å²) < 4.78 is 2.13. The Hall–Kier alpha value is -5.74. The van der Waals surface area contributed by atoms with Crippen LogP contribution in [-0.2, 0) is 0 Å². The second kappa shape index (κ2) is 9.92. The lowest BCUT2D eigenvalue weighted by Crippen LogP contribution is -2.30. The van der Waals surface area contributed by atoms with Gasteiger partial charge in [0, 0.05) is 16.3 Å². The molecule has 4 nitrogen and oxygen atoms in total. The van der Waals surface area contributed by atoms with Crippen LogP contribution in [0.25, 0.3) is 49.7 Å². The largest absolute Gasteiger partial charge is 0.308 e. The van der Waals surface area contributed by atoms with E-state index in [1.807, 2.05) is 78.9 Å². The third kappa shape index (κ3) is 3.85. The number of rotatable bonds is 4. The lowest BCUT2D eigenvalue weighted by Gasteiger charge is -2.18. The summed E-state index contributed by atoms with van der Waals surface area (Å²) in [4.78, 5) is 29.7. The van der Waals surface area contributed by atoms with Gasteiger partial charge in [0.1, 0.15) is 0 Å². The van der Waals surface area contributed by atoms with Crippen molar-refractivity contribution in [2.75, 3.05) is 4.90 Å². The van der Waals surface area contributed by atoms with Crippen LogP contribution in [0, 0.1) is 13.8 Å². The number of hydrogen-bond acceptors (Lipinski definition) is 2. The number of carbonyl (C=O) groups is 2. The number of amides is 2. The molecular weight excluding hydrogens is 540 g/mol. The van der Waals surface area contributed by atoms with Gasteiger partial charge in [0.05, 0.1) is 33.5 Å². The molecule has 8 rings (SSSR count).